The molecule has 3 N–H and O–H groups in total. The number of carbonyl (C=O) groups excluding carboxylic acids is 1. The number of nitrogens with two attached hydrogens (primary N) is 1. The molecule has 0 aliphatic heterocycles. The van der Waals surface area contributed by atoms with Crippen molar-refractivity contribution in [3.8, 4) is 0 Å². The molecule has 1 aromatic heterocycles. The normalized spacial score (nSPS) is 27.5. The number of carbonyl (C=O) groups is 1. The average Bonchev–Trinajstić information content (AvgIpc) is 2.45. The fourth-order valence-electron chi connectivity index (χ4n) is 3.56. The number of rotatable bonds is 3. The number of aromatic nitrogens is 1. The average molecular weight is 335 g/mol. The van der Waals surface area contributed by atoms with Gasteiger partial charge in [-0.25, -0.2) is 4.79 Å². The highest BCUT2D eigenvalue weighted by molar-refractivity contribution is 5.68. The zero-order valence-corrected chi connectivity index (χ0v) is 15.2. The van der Waals surface area contributed by atoms with Crippen LogP contribution >= 0.6 is 0 Å². The first-order chi connectivity index (χ1) is 11.2. The molecule has 6 heteroatoms. The molecule has 6 nitrogen and oxygen atoms in total. The largest absolute Gasteiger partial charge is 0.444 e. The lowest BCUT2D eigenvalue weighted by molar-refractivity contribution is -0.00868. The van der Waals surface area contributed by atoms with Crippen molar-refractivity contribution >= 4 is 11.8 Å². The van der Waals surface area contributed by atoms with Crippen LogP contribution in [0.3, 0.4) is 0 Å². The Kier molecular flexibility index (Phi) is 5.70. The SMILES string of the molecule is CO[C@@H]1[C@@H](C)C[C@@H](c2ccncc2N)C[C@H]1NC(=O)OC(C)(C)C. The van der Waals surface area contributed by atoms with E-state index in [1.807, 2.05) is 26.8 Å². The Bertz CT molecular complexity index is 571. The molecule has 1 aliphatic rings. The standard InChI is InChI=1S/C18H29N3O3/c1-11-8-12(13-6-7-20-10-14(13)19)9-15(16(11)23-5)21-17(22)24-18(2,3)4/h6-7,10-12,15-16H,8-9,19H2,1-5H3,(H,21,22)/t11-,12+,15+,16+/m0/s1. The first-order valence-corrected chi connectivity index (χ1v) is 8.43. The number of nitrogens with one attached hydrogen (secondary N) is 1. The second kappa shape index (κ2) is 7.38. The van der Waals surface area contributed by atoms with Crippen LogP contribution in [0.25, 0.3) is 0 Å². The van der Waals surface area contributed by atoms with Crippen LogP contribution in [-0.2, 0) is 9.47 Å². The van der Waals surface area contributed by atoms with Gasteiger partial charge >= 0.3 is 6.09 Å². The number of amides is 1. The summed E-state index contributed by atoms with van der Waals surface area (Å²) in [4.78, 5) is 16.2. The summed E-state index contributed by atoms with van der Waals surface area (Å²) in [5.41, 5.74) is 7.34. The van der Waals surface area contributed by atoms with Crippen molar-refractivity contribution in [2.45, 2.75) is 64.2 Å². The topological polar surface area (TPSA) is 86.5 Å². The Hall–Kier alpha value is -1.82. The quantitative estimate of drug-likeness (QED) is 0.886. The summed E-state index contributed by atoms with van der Waals surface area (Å²) in [6.07, 6.45) is 4.70. The van der Waals surface area contributed by atoms with Gasteiger partial charge in [-0.05, 0) is 57.1 Å². The second-order valence-corrected chi connectivity index (χ2v) is 7.60. The Morgan fingerprint density at radius 2 is 2.08 bits per heavy atom. The van der Waals surface area contributed by atoms with E-state index in [-0.39, 0.29) is 18.1 Å². The minimum atomic E-state index is -0.526. The van der Waals surface area contributed by atoms with Gasteiger partial charge in [-0.15, -0.1) is 0 Å². The number of nitrogen functional groups attached to an aromatic ring is 1. The highest BCUT2D eigenvalue weighted by atomic mass is 16.6. The van der Waals surface area contributed by atoms with Crippen molar-refractivity contribution in [3.05, 3.63) is 24.0 Å². The molecule has 0 aromatic carbocycles. The van der Waals surface area contributed by atoms with E-state index < -0.39 is 11.7 Å². The van der Waals surface area contributed by atoms with E-state index in [1.165, 1.54) is 0 Å². The molecule has 0 saturated heterocycles. The molecule has 1 amide bonds. The third kappa shape index (κ3) is 4.60. The summed E-state index contributed by atoms with van der Waals surface area (Å²) in [6.45, 7) is 7.69. The summed E-state index contributed by atoms with van der Waals surface area (Å²) in [5, 5.41) is 2.98. The van der Waals surface area contributed by atoms with Gasteiger partial charge in [-0.1, -0.05) is 6.92 Å². The van der Waals surface area contributed by atoms with Gasteiger partial charge in [0.05, 0.1) is 24.0 Å². The van der Waals surface area contributed by atoms with Crippen LogP contribution in [0, 0.1) is 5.92 Å². The van der Waals surface area contributed by atoms with Gasteiger partial charge in [0.1, 0.15) is 5.60 Å². The van der Waals surface area contributed by atoms with Crippen molar-refractivity contribution < 1.29 is 14.3 Å². The maximum absolute atomic E-state index is 12.2. The highest BCUT2D eigenvalue weighted by Gasteiger charge is 2.38. The maximum Gasteiger partial charge on any atom is 0.407 e. The molecule has 1 heterocycles. The van der Waals surface area contributed by atoms with Gasteiger partial charge < -0.3 is 20.5 Å². The summed E-state index contributed by atoms with van der Waals surface area (Å²) in [6, 6.07) is 1.84. The molecule has 1 aromatic rings. The van der Waals surface area contributed by atoms with E-state index in [1.54, 1.807) is 19.5 Å². The van der Waals surface area contributed by atoms with Crippen LogP contribution in [0.1, 0.15) is 52.0 Å². The van der Waals surface area contributed by atoms with Crippen molar-refractivity contribution in [2.24, 2.45) is 5.92 Å². The number of hydrogen-bond donors (Lipinski definition) is 2. The number of nitrogens with zero attached hydrogens (tertiary/aromatic N) is 1. The molecular weight excluding hydrogens is 306 g/mol. The van der Waals surface area contributed by atoms with E-state index in [2.05, 4.69) is 17.2 Å². The lowest BCUT2D eigenvalue weighted by Gasteiger charge is -2.40. The lowest BCUT2D eigenvalue weighted by Crippen LogP contribution is -2.51. The van der Waals surface area contributed by atoms with E-state index in [0.29, 0.717) is 11.6 Å². The Morgan fingerprint density at radius 1 is 1.38 bits per heavy atom. The second-order valence-electron chi connectivity index (χ2n) is 7.60. The first-order valence-electron chi connectivity index (χ1n) is 8.43. The minimum absolute atomic E-state index is 0.0446. The van der Waals surface area contributed by atoms with Crippen LogP contribution < -0.4 is 11.1 Å². The molecular formula is C18H29N3O3. The zero-order chi connectivity index (χ0) is 17.9. The first kappa shape index (κ1) is 18.5. The number of pyridine rings is 1. The van der Waals surface area contributed by atoms with Crippen LogP contribution in [0.2, 0.25) is 0 Å². The minimum Gasteiger partial charge on any atom is -0.444 e. The molecule has 1 fully saturated rings. The fourth-order valence-corrected chi connectivity index (χ4v) is 3.56. The van der Waals surface area contributed by atoms with Gasteiger partial charge in [-0.2, -0.15) is 0 Å². The monoisotopic (exact) mass is 335 g/mol. The summed E-state index contributed by atoms with van der Waals surface area (Å²) >= 11 is 0. The van der Waals surface area contributed by atoms with Crippen molar-refractivity contribution in [1.29, 1.82) is 0 Å². The fraction of sp³-hybridized carbons (Fsp3) is 0.667. The number of ether oxygens (including phenoxy) is 2. The van der Waals surface area contributed by atoms with E-state index in [9.17, 15) is 4.79 Å². The molecule has 0 spiro atoms. The number of alkyl carbamates (subject to hydrolysis) is 1. The molecule has 0 unspecified atom stereocenters. The predicted molar refractivity (Wildman–Crippen MR) is 93.7 cm³/mol. The van der Waals surface area contributed by atoms with Gasteiger partial charge in [-0.3, -0.25) is 4.98 Å². The van der Waals surface area contributed by atoms with Crippen LogP contribution in [-0.4, -0.2) is 35.9 Å². The Morgan fingerprint density at radius 3 is 2.67 bits per heavy atom. The van der Waals surface area contributed by atoms with E-state index in [4.69, 9.17) is 15.2 Å². The smallest absolute Gasteiger partial charge is 0.407 e. The molecule has 0 bridgehead atoms. The Labute approximate surface area is 144 Å². The van der Waals surface area contributed by atoms with Gasteiger partial charge in [0.25, 0.3) is 0 Å². The van der Waals surface area contributed by atoms with Crippen LogP contribution in [0.4, 0.5) is 10.5 Å². The van der Waals surface area contributed by atoms with Crippen molar-refractivity contribution in [2.75, 3.05) is 12.8 Å². The van der Waals surface area contributed by atoms with Crippen molar-refractivity contribution in [3.63, 3.8) is 0 Å². The third-order valence-corrected chi connectivity index (χ3v) is 4.45. The van der Waals surface area contributed by atoms with Gasteiger partial charge in [0.2, 0.25) is 0 Å². The lowest BCUT2D eigenvalue weighted by atomic mass is 9.74. The Balaban J connectivity index is 2.15. The molecule has 2 rings (SSSR count). The number of methoxy groups -OCH3 is 1. The van der Waals surface area contributed by atoms with Crippen LogP contribution in [0.15, 0.2) is 18.5 Å². The number of anilines is 1. The summed E-state index contributed by atoms with van der Waals surface area (Å²) in [7, 11) is 1.69. The molecule has 1 aliphatic carbocycles. The molecule has 1 saturated carbocycles. The predicted octanol–water partition coefficient (Wildman–Crippen LogP) is 3.09. The zero-order valence-electron chi connectivity index (χ0n) is 15.2. The summed E-state index contributed by atoms with van der Waals surface area (Å²) < 4.78 is 11.0. The van der Waals surface area contributed by atoms with Gasteiger partial charge in [0.15, 0.2) is 0 Å². The van der Waals surface area contributed by atoms with E-state index >= 15 is 0 Å². The maximum atomic E-state index is 12.2. The molecule has 24 heavy (non-hydrogen) atoms. The molecule has 0 radical (unpaired) electrons. The van der Waals surface area contributed by atoms with E-state index in [0.717, 1.165) is 18.4 Å². The van der Waals surface area contributed by atoms with Gasteiger partial charge in [0, 0.05) is 13.3 Å². The number of hydrogen-bond acceptors (Lipinski definition) is 5. The molecule has 134 valence electrons. The summed E-state index contributed by atoms with van der Waals surface area (Å²) in [5.74, 6) is 0.551. The molecule has 4 atom stereocenters. The van der Waals surface area contributed by atoms with Crippen molar-refractivity contribution in [1.82, 2.24) is 10.3 Å². The third-order valence-electron chi connectivity index (χ3n) is 4.45. The highest BCUT2D eigenvalue weighted by Crippen LogP contribution is 2.39. The van der Waals surface area contributed by atoms with Crippen LogP contribution in [0.5, 0.6) is 0 Å².